The molecule has 0 spiro atoms. The molecule has 0 radical (unpaired) electrons. The summed E-state index contributed by atoms with van der Waals surface area (Å²) >= 11 is 12.5. The molecule has 0 unspecified atom stereocenters. The number of hydrogen-bond acceptors (Lipinski definition) is 5. The maximum atomic E-state index is 13.0. The van der Waals surface area contributed by atoms with E-state index >= 15 is 0 Å². The van der Waals surface area contributed by atoms with Crippen LogP contribution >= 0.6 is 23.2 Å². The second-order valence-electron chi connectivity index (χ2n) is 9.51. The Morgan fingerprint density at radius 3 is 2.53 bits per heavy atom. The van der Waals surface area contributed by atoms with Crippen molar-refractivity contribution < 1.29 is 5.11 Å². The van der Waals surface area contributed by atoms with Crippen LogP contribution in [0.5, 0.6) is 0 Å². The SMILES string of the molecule is Cc1nc(N2CCC(C)(NCC3CCC(O)CC3)CC2)cc(=O)n1-c1cccc(Cl)c1Cl. The third-order valence-electron chi connectivity index (χ3n) is 7.07. The highest BCUT2D eigenvalue weighted by atomic mass is 35.5. The minimum atomic E-state index is -0.164. The molecule has 2 N–H and O–H groups in total. The first kappa shape index (κ1) is 23.6. The molecular weight excluding hydrogens is 447 g/mol. The molecule has 0 atom stereocenters. The summed E-state index contributed by atoms with van der Waals surface area (Å²) in [5, 5.41) is 14.3. The summed E-state index contributed by atoms with van der Waals surface area (Å²) in [4.78, 5) is 19.9. The molecule has 0 bridgehead atoms. The Hall–Kier alpha value is -1.60. The van der Waals surface area contributed by atoms with Gasteiger partial charge >= 0.3 is 0 Å². The summed E-state index contributed by atoms with van der Waals surface area (Å²) in [6, 6.07) is 6.84. The number of aryl methyl sites for hydroxylation is 1. The van der Waals surface area contributed by atoms with E-state index in [2.05, 4.69) is 17.1 Å². The average Bonchev–Trinajstić information content (AvgIpc) is 2.76. The van der Waals surface area contributed by atoms with Gasteiger partial charge in [-0.2, -0.15) is 0 Å². The van der Waals surface area contributed by atoms with Crippen molar-refractivity contribution in [1.29, 1.82) is 0 Å². The van der Waals surface area contributed by atoms with E-state index in [0.717, 1.165) is 58.2 Å². The van der Waals surface area contributed by atoms with Crippen LogP contribution in [-0.4, -0.2) is 45.9 Å². The van der Waals surface area contributed by atoms with Gasteiger partial charge in [0.15, 0.2) is 0 Å². The number of aromatic nitrogens is 2. The second kappa shape index (κ2) is 9.72. The number of aliphatic hydroxyl groups is 1. The van der Waals surface area contributed by atoms with E-state index in [-0.39, 0.29) is 17.2 Å². The van der Waals surface area contributed by atoms with Gasteiger partial charge in [0, 0.05) is 24.7 Å². The van der Waals surface area contributed by atoms with Crippen molar-refractivity contribution in [2.45, 2.75) is 64.0 Å². The summed E-state index contributed by atoms with van der Waals surface area (Å²) in [6.07, 6.45) is 5.94. The highest BCUT2D eigenvalue weighted by molar-refractivity contribution is 6.43. The maximum absolute atomic E-state index is 13.0. The van der Waals surface area contributed by atoms with Crippen LogP contribution in [0.15, 0.2) is 29.1 Å². The van der Waals surface area contributed by atoms with E-state index in [1.807, 2.05) is 6.92 Å². The van der Waals surface area contributed by atoms with Crippen LogP contribution < -0.4 is 15.8 Å². The third-order valence-corrected chi connectivity index (χ3v) is 7.88. The normalized spacial score (nSPS) is 23.3. The second-order valence-corrected chi connectivity index (χ2v) is 10.3. The van der Waals surface area contributed by atoms with Gasteiger partial charge in [-0.3, -0.25) is 9.36 Å². The van der Waals surface area contributed by atoms with Crippen LogP contribution in [-0.2, 0) is 0 Å². The molecule has 1 aromatic carbocycles. The average molecular weight is 479 g/mol. The zero-order valence-corrected chi connectivity index (χ0v) is 20.3. The molecule has 0 amide bonds. The molecule has 1 saturated carbocycles. The van der Waals surface area contributed by atoms with E-state index < -0.39 is 0 Å². The van der Waals surface area contributed by atoms with Crippen molar-refractivity contribution in [3.05, 3.63) is 50.5 Å². The number of nitrogens with zero attached hydrogens (tertiary/aromatic N) is 3. The Kier molecular flexibility index (Phi) is 7.15. The van der Waals surface area contributed by atoms with Crippen LogP contribution in [0, 0.1) is 12.8 Å². The lowest BCUT2D eigenvalue weighted by Crippen LogP contribution is -2.53. The molecule has 1 aliphatic carbocycles. The minimum Gasteiger partial charge on any atom is -0.393 e. The van der Waals surface area contributed by atoms with Gasteiger partial charge in [-0.05, 0) is 77.0 Å². The first-order valence-corrected chi connectivity index (χ1v) is 12.2. The van der Waals surface area contributed by atoms with Crippen molar-refractivity contribution in [3.63, 3.8) is 0 Å². The highest BCUT2D eigenvalue weighted by Gasteiger charge is 2.31. The van der Waals surface area contributed by atoms with Crippen molar-refractivity contribution in [3.8, 4) is 5.69 Å². The third kappa shape index (κ3) is 5.14. The van der Waals surface area contributed by atoms with Crippen LogP contribution in [0.1, 0.15) is 51.3 Å². The first-order chi connectivity index (χ1) is 15.3. The summed E-state index contributed by atoms with van der Waals surface area (Å²) < 4.78 is 1.51. The zero-order chi connectivity index (χ0) is 22.9. The maximum Gasteiger partial charge on any atom is 0.260 e. The number of hydrogen-bond donors (Lipinski definition) is 2. The molecule has 1 aliphatic heterocycles. The van der Waals surface area contributed by atoms with E-state index in [1.54, 1.807) is 24.3 Å². The Balaban J connectivity index is 1.41. The smallest absolute Gasteiger partial charge is 0.260 e. The monoisotopic (exact) mass is 478 g/mol. The lowest BCUT2D eigenvalue weighted by atomic mass is 9.85. The van der Waals surface area contributed by atoms with E-state index in [9.17, 15) is 9.90 Å². The Bertz CT molecular complexity index is 1010. The van der Waals surface area contributed by atoms with Crippen LogP contribution in [0.2, 0.25) is 10.0 Å². The molecule has 6 nitrogen and oxygen atoms in total. The van der Waals surface area contributed by atoms with Gasteiger partial charge in [0.25, 0.3) is 5.56 Å². The molecule has 2 heterocycles. The minimum absolute atomic E-state index is 0.0882. The zero-order valence-electron chi connectivity index (χ0n) is 18.8. The number of nitrogens with one attached hydrogen (secondary N) is 1. The van der Waals surface area contributed by atoms with Gasteiger partial charge in [-0.25, -0.2) is 4.98 Å². The van der Waals surface area contributed by atoms with Crippen molar-refractivity contribution >= 4 is 29.0 Å². The van der Waals surface area contributed by atoms with Crippen molar-refractivity contribution in [1.82, 2.24) is 14.9 Å². The van der Waals surface area contributed by atoms with Crippen LogP contribution in [0.3, 0.4) is 0 Å². The number of rotatable bonds is 5. The summed E-state index contributed by atoms with van der Waals surface area (Å²) in [5.74, 6) is 1.95. The van der Waals surface area contributed by atoms with Crippen molar-refractivity contribution in [2.24, 2.45) is 5.92 Å². The van der Waals surface area contributed by atoms with E-state index in [0.29, 0.717) is 33.3 Å². The number of halogens is 2. The quantitative estimate of drug-likeness (QED) is 0.668. The Morgan fingerprint density at radius 2 is 1.88 bits per heavy atom. The molecule has 174 valence electrons. The summed E-state index contributed by atoms with van der Waals surface area (Å²) in [7, 11) is 0. The number of benzene rings is 1. The van der Waals surface area contributed by atoms with Gasteiger partial charge < -0.3 is 15.3 Å². The highest BCUT2D eigenvalue weighted by Crippen LogP contribution is 2.30. The molecule has 4 rings (SSSR count). The van der Waals surface area contributed by atoms with Crippen molar-refractivity contribution in [2.75, 3.05) is 24.5 Å². The molecule has 8 heteroatoms. The number of aliphatic hydroxyl groups excluding tert-OH is 1. The molecule has 32 heavy (non-hydrogen) atoms. The lowest BCUT2D eigenvalue weighted by Gasteiger charge is -2.41. The molecule has 1 saturated heterocycles. The predicted octanol–water partition coefficient (Wildman–Crippen LogP) is 4.35. The van der Waals surface area contributed by atoms with E-state index in [1.165, 1.54) is 4.57 Å². The lowest BCUT2D eigenvalue weighted by molar-refractivity contribution is 0.105. The molecule has 2 fully saturated rings. The Labute approximate surface area is 199 Å². The summed E-state index contributed by atoms with van der Waals surface area (Å²) in [5.41, 5.74) is 0.472. The van der Waals surface area contributed by atoms with Crippen LogP contribution in [0.4, 0.5) is 5.82 Å². The largest absolute Gasteiger partial charge is 0.393 e. The number of piperidine rings is 1. The van der Waals surface area contributed by atoms with E-state index in [4.69, 9.17) is 28.2 Å². The first-order valence-electron chi connectivity index (χ1n) is 11.5. The van der Waals surface area contributed by atoms with Gasteiger partial charge in [-0.15, -0.1) is 0 Å². The fourth-order valence-corrected chi connectivity index (χ4v) is 5.23. The topological polar surface area (TPSA) is 70.4 Å². The summed E-state index contributed by atoms with van der Waals surface area (Å²) in [6.45, 7) is 6.82. The standard InChI is InChI=1S/C24H32Cl2N4O2/c1-16-28-21(14-22(32)30(16)20-5-3-4-19(25)23(20)26)29-12-10-24(2,11-13-29)27-15-17-6-8-18(31)9-7-17/h3-5,14,17-18,27,31H,6-13,15H2,1-2H3. The number of anilines is 1. The van der Waals surface area contributed by atoms with Gasteiger partial charge in [0.1, 0.15) is 11.6 Å². The van der Waals surface area contributed by atoms with Gasteiger partial charge in [0.05, 0.1) is 21.8 Å². The Morgan fingerprint density at radius 1 is 1.19 bits per heavy atom. The fourth-order valence-electron chi connectivity index (χ4n) is 4.85. The molecule has 2 aliphatic rings. The fraction of sp³-hybridized carbons (Fsp3) is 0.583. The molecule has 1 aromatic heterocycles. The van der Waals surface area contributed by atoms with Gasteiger partial charge in [-0.1, -0.05) is 29.3 Å². The predicted molar refractivity (Wildman–Crippen MR) is 130 cm³/mol. The molecular formula is C24H32Cl2N4O2. The van der Waals surface area contributed by atoms with Crippen LogP contribution in [0.25, 0.3) is 5.69 Å². The van der Waals surface area contributed by atoms with Gasteiger partial charge in [0.2, 0.25) is 0 Å². The molecule has 2 aromatic rings.